The van der Waals surface area contributed by atoms with Gasteiger partial charge in [0, 0.05) is 18.1 Å². The van der Waals surface area contributed by atoms with Crippen molar-refractivity contribution in [3.05, 3.63) is 71.2 Å². The first kappa shape index (κ1) is 24.2. The van der Waals surface area contributed by atoms with Crippen LogP contribution in [-0.2, 0) is 10.0 Å². The Morgan fingerprint density at radius 2 is 1.58 bits per heavy atom. The minimum absolute atomic E-state index is 0.0474. The number of amides is 1. The Morgan fingerprint density at radius 3 is 2.18 bits per heavy atom. The molecule has 0 spiro atoms. The van der Waals surface area contributed by atoms with E-state index in [-0.39, 0.29) is 22.7 Å². The van der Waals surface area contributed by atoms with Crippen molar-refractivity contribution in [3.8, 4) is 23.0 Å². The largest absolute Gasteiger partial charge is 0.493 e. The summed E-state index contributed by atoms with van der Waals surface area (Å²) < 4.78 is 41.9. The smallest absolute Gasteiger partial charge is 0.258 e. The second-order valence-corrected chi connectivity index (χ2v) is 9.41. The third-order valence-corrected chi connectivity index (χ3v) is 6.17. The van der Waals surface area contributed by atoms with Crippen LogP contribution in [0.2, 0.25) is 5.02 Å². The Labute approximate surface area is 197 Å². The maximum Gasteiger partial charge on any atom is 0.258 e. The van der Waals surface area contributed by atoms with Gasteiger partial charge in [0.1, 0.15) is 5.75 Å². The van der Waals surface area contributed by atoms with Crippen LogP contribution in [0.1, 0.15) is 10.4 Å². The molecule has 3 rings (SSSR count). The van der Waals surface area contributed by atoms with E-state index in [1.54, 1.807) is 30.3 Å². The average Bonchev–Trinajstić information content (AvgIpc) is 2.79. The molecule has 0 bridgehead atoms. The molecule has 10 heteroatoms. The molecular weight excluding hydrogens is 468 g/mol. The summed E-state index contributed by atoms with van der Waals surface area (Å²) in [6.07, 6.45) is 1.04. The highest BCUT2D eigenvalue weighted by molar-refractivity contribution is 7.92. The van der Waals surface area contributed by atoms with E-state index < -0.39 is 15.9 Å². The monoisotopic (exact) mass is 490 g/mol. The molecule has 0 saturated heterocycles. The predicted molar refractivity (Wildman–Crippen MR) is 129 cm³/mol. The zero-order valence-electron chi connectivity index (χ0n) is 18.5. The van der Waals surface area contributed by atoms with Crippen LogP contribution in [0.15, 0.2) is 60.7 Å². The van der Waals surface area contributed by atoms with E-state index in [0.29, 0.717) is 22.2 Å². The van der Waals surface area contributed by atoms with Gasteiger partial charge in [-0.3, -0.25) is 9.10 Å². The number of para-hydroxylation sites is 1. The van der Waals surface area contributed by atoms with Gasteiger partial charge in [-0.25, -0.2) is 8.42 Å². The molecule has 0 fully saturated rings. The van der Waals surface area contributed by atoms with Crippen molar-refractivity contribution in [2.45, 2.75) is 0 Å². The van der Waals surface area contributed by atoms with E-state index in [2.05, 4.69) is 5.32 Å². The van der Waals surface area contributed by atoms with Crippen LogP contribution in [0.5, 0.6) is 23.0 Å². The van der Waals surface area contributed by atoms with E-state index in [9.17, 15) is 13.2 Å². The molecular formula is C23H23ClN2O6S. The highest BCUT2D eigenvalue weighted by Crippen LogP contribution is 2.37. The molecule has 0 aliphatic heterocycles. The molecule has 0 atom stereocenters. The van der Waals surface area contributed by atoms with Gasteiger partial charge in [0.05, 0.1) is 37.4 Å². The van der Waals surface area contributed by atoms with Crippen molar-refractivity contribution in [1.82, 2.24) is 0 Å². The number of rotatable bonds is 8. The van der Waals surface area contributed by atoms with Gasteiger partial charge in [-0.15, -0.1) is 0 Å². The van der Waals surface area contributed by atoms with Crippen LogP contribution in [0.4, 0.5) is 11.4 Å². The molecule has 8 nitrogen and oxygen atoms in total. The number of benzene rings is 3. The summed E-state index contributed by atoms with van der Waals surface area (Å²) in [5.41, 5.74) is 0.463. The van der Waals surface area contributed by atoms with Gasteiger partial charge >= 0.3 is 0 Å². The van der Waals surface area contributed by atoms with E-state index >= 15 is 0 Å². The number of carbonyl (C=O) groups excluding carboxylic acids is 1. The van der Waals surface area contributed by atoms with Crippen LogP contribution in [0.3, 0.4) is 0 Å². The second-order valence-electron chi connectivity index (χ2n) is 6.96. The third kappa shape index (κ3) is 5.68. The molecule has 1 amide bonds. The quantitative estimate of drug-likeness (QED) is 0.487. The first-order chi connectivity index (χ1) is 15.6. The van der Waals surface area contributed by atoms with Gasteiger partial charge in [0.2, 0.25) is 10.0 Å². The molecule has 1 N–H and O–H groups in total. The Bertz CT molecular complexity index is 1270. The third-order valence-electron chi connectivity index (χ3n) is 4.74. The number of hydrogen-bond acceptors (Lipinski definition) is 6. The second kappa shape index (κ2) is 10.0. The van der Waals surface area contributed by atoms with Crippen molar-refractivity contribution in [3.63, 3.8) is 0 Å². The van der Waals surface area contributed by atoms with Gasteiger partial charge in [-0.05, 0) is 36.4 Å². The normalized spacial score (nSPS) is 10.9. The summed E-state index contributed by atoms with van der Waals surface area (Å²) in [5.74, 6) is 0.869. The van der Waals surface area contributed by atoms with Crippen LogP contribution in [-0.4, -0.2) is 41.8 Å². The summed E-state index contributed by atoms with van der Waals surface area (Å²) in [4.78, 5) is 13.3. The zero-order chi connectivity index (χ0) is 24.2. The first-order valence-electron chi connectivity index (χ1n) is 9.67. The summed E-state index contributed by atoms with van der Waals surface area (Å²) in [7, 11) is 0.507. The number of methoxy groups -OCH3 is 2. The van der Waals surface area contributed by atoms with Crippen LogP contribution in [0, 0.1) is 0 Å². The summed E-state index contributed by atoms with van der Waals surface area (Å²) in [6, 6.07) is 16.7. The SMILES string of the molecule is COc1cc(C(=O)Nc2cc(Cl)ccc2Oc2ccccc2)c(N(C)S(C)(=O)=O)cc1OC. The molecule has 0 aromatic heterocycles. The fourth-order valence-electron chi connectivity index (χ4n) is 2.98. The van der Waals surface area contributed by atoms with Gasteiger partial charge in [0.25, 0.3) is 5.91 Å². The Hall–Kier alpha value is -3.43. The van der Waals surface area contributed by atoms with Gasteiger partial charge in [0.15, 0.2) is 17.2 Å². The van der Waals surface area contributed by atoms with Crippen molar-refractivity contribution in [1.29, 1.82) is 0 Å². The Morgan fingerprint density at radius 1 is 0.939 bits per heavy atom. The number of anilines is 2. The lowest BCUT2D eigenvalue weighted by molar-refractivity contribution is 0.102. The first-order valence-corrected chi connectivity index (χ1v) is 11.9. The number of carbonyl (C=O) groups is 1. The summed E-state index contributed by atoms with van der Waals surface area (Å²) in [6.45, 7) is 0. The number of nitrogens with one attached hydrogen (secondary N) is 1. The number of sulfonamides is 1. The fourth-order valence-corrected chi connectivity index (χ4v) is 3.66. The summed E-state index contributed by atoms with van der Waals surface area (Å²) >= 11 is 6.15. The topological polar surface area (TPSA) is 94.2 Å². The maximum atomic E-state index is 13.3. The van der Waals surface area contributed by atoms with E-state index in [1.807, 2.05) is 18.2 Å². The van der Waals surface area contributed by atoms with Gasteiger partial charge in [-0.1, -0.05) is 29.8 Å². The lowest BCUT2D eigenvalue weighted by Crippen LogP contribution is -2.28. The Balaban J connectivity index is 2.05. The predicted octanol–water partition coefficient (Wildman–Crippen LogP) is 4.80. The molecule has 0 unspecified atom stereocenters. The van der Waals surface area contributed by atoms with Crippen LogP contribution in [0.25, 0.3) is 0 Å². The number of hydrogen-bond donors (Lipinski definition) is 1. The summed E-state index contributed by atoms with van der Waals surface area (Å²) in [5, 5.41) is 3.14. The minimum Gasteiger partial charge on any atom is -0.493 e. The van der Waals surface area contributed by atoms with Crippen LogP contribution >= 0.6 is 11.6 Å². The standard InChI is InChI=1S/C23H23ClN2O6S/c1-26(33(4,28)29)19-14-22(31-3)21(30-2)13-17(19)23(27)25-18-12-15(24)10-11-20(18)32-16-8-6-5-7-9-16/h5-14H,1-4H3,(H,25,27). The molecule has 0 saturated carbocycles. The molecule has 3 aromatic carbocycles. The highest BCUT2D eigenvalue weighted by Gasteiger charge is 2.24. The van der Waals surface area contributed by atoms with Crippen molar-refractivity contribution < 1.29 is 27.4 Å². The molecule has 0 aliphatic rings. The number of halogens is 1. The molecule has 3 aromatic rings. The number of ether oxygens (including phenoxy) is 3. The molecule has 174 valence electrons. The van der Waals surface area contributed by atoms with E-state index in [1.165, 1.54) is 33.4 Å². The highest BCUT2D eigenvalue weighted by atomic mass is 35.5. The van der Waals surface area contributed by atoms with Crippen molar-refractivity contribution in [2.24, 2.45) is 0 Å². The fraction of sp³-hybridized carbons (Fsp3) is 0.174. The van der Waals surface area contributed by atoms with Crippen LogP contribution < -0.4 is 23.8 Å². The lowest BCUT2D eigenvalue weighted by atomic mass is 10.1. The average molecular weight is 491 g/mol. The minimum atomic E-state index is -3.67. The molecule has 0 radical (unpaired) electrons. The lowest BCUT2D eigenvalue weighted by Gasteiger charge is -2.22. The van der Waals surface area contributed by atoms with Gasteiger partial charge in [-0.2, -0.15) is 0 Å². The zero-order valence-corrected chi connectivity index (χ0v) is 20.0. The molecule has 33 heavy (non-hydrogen) atoms. The maximum absolute atomic E-state index is 13.3. The Kier molecular flexibility index (Phi) is 7.35. The van der Waals surface area contributed by atoms with E-state index in [0.717, 1.165) is 10.6 Å². The van der Waals surface area contributed by atoms with E-state index in [4.69, 9.17) is 25.8 Å². The number of nitrogens with zero attached hydrogens (tertiary/aromatic N) is 1. The van der Waals surface area contributed by atoms with Crippen molar-refractivity contribution >= 4 is 38.9 Å². The molecule has 0 aliphatic carbocycles. The van der Waals surface area contributed by atoms with Crippen molar-refractivity contribution in [2.75, 3.05) is 37.1 Å². The van der Waals surface area contributed by atoms with Gasteiger partial charge < -0.3 is 19.5 Å². The molecule has 0 heterocycles.